The molecule has 0 radical (unpaired) electrons. The fourth-order valence-electron chi connectivity index (χ4n) is 3.95. The van der Waals surface area contributed by atoms with E-state index >= 15 is 0 Å². The highest BCUT2D eigenvalue weighted by Crippen LogP contribution is 2.44. The van der Waals surface area contributed by atoms with Crippen molar-refractivity contribution in [1.82, 2.24) is 4.90 Å². The van der Waals surface area contributed by atoms with E-state index < -0.39 is 5.60 Å². The summed E-state index contributed by atoms with van der Waals surface area (Å²) in [6, 6.07) is 11.1. The number of piperidine rings is 1. The van der Waals surface area contributed by atoms with Crippen molar-refractivity contribution in [3.05, 3.63) is 35.9 Å². The molecule has 1 heterocycles. The van der Waals surface area contributed by atoms with Crippen LogP contribution >= 0.6 is 0 Å². The van der Waals surface area contributed by atoms with Gasteiger partial charge >= 0.3 is 6.09 Å². The Hall–Kier alpha value is -1.51. The molecule has 0 N–H and O–H groups in total. The topological polar surface area (TPSA) is 29.5 Å². The van der Waals surface area contributed by atoms with E-state index in [0.717, 1.165) is 25.3 Å². The van der Waals surface area contributed by atoms with Crippen molar-refractivity contribution in [2.75, 3.05) is 6.54 Å². The number of rotatable bonds is 3. The Kier molecular flexibility index (Phi) is 4.16. The van der Waals surface area contributed by atoms with E-state index in [1.54, 1.807) is 0 Å². The highest BCUT2D eigenvalue weighted by Gasteiger charge is 2.47. The molecule has 1 aliphatic heterocycles. The molecular formula is C19H27NO2. The minimum absolute atomic E-state index is 0.124. The third-order valence-corrected chi connectivity index (χ3v) is 4.96. The van der Waals surface area contributed by atoms with Crippen LogP contribution in [0.2, 0.25) is 0 Å². The molecular weight excluding hydrogens is 274 g/mol. The maximum atomic E-state index is 12.2. The number of amides is 1. The molecule has 3 atom stereocenters. The zero-order valence-electron chi connectivity index (χ0n) is 13.9. The second kappa shape index (κ2) is 5.94. The first-order chi connectivity index (χ1) is 10.4. The van der Waals surface area contributed by atoms with Crippen molar-refractivity contribution in [2.24, 2.45) is 11.8 Å². The van der Waals surface area contributed by atoms with Gasteiger partial charge in [-0.15, -0.1) is 0 Å². The third kappa shape index (κ3) is 3.45. The van der Waals surface area contributed by atoms with E-state index in [-0.39, 0.29) is 6.09 Å². The van der Waals surface area contributed by atoms with Gasteiger partial charge in [-0.2, -0.15) is 0 Å². The standard InChI is InChI=1S/C19H27NO2/c1-19(2,3)22-18(21)20-13-16-12-17(20)11-15(16)10-9-14-7-5-4-6-8-14/h4-8,15-17H,9-13H2,1-3H3/t15?,16-,17+/m1/s1. The smallest absolute Gasteiger partial charge is 0.410 e. The minimum Gasteiger partial charge on any atom is -0.444 e. The lowest BCUT2D eigenvalue weighted by atomic mass is 9.89. The summed E-state index contributed by atoms with van der Waals surface area (Å²) in [5.74, 6) is 1.44. The molecule has 1 aromatic rings. The molecule has 2 bridgehead atoms. The molecule has 2 aliphatic rings. The Morgan fingerprint density at radius 3 is 2.55 bits per heavy atom. The van der Waals surface area contributed by atoms with Crippen LogP contribution in [0.25, 0.3) is 0 Å². The van der Waals surface area contributed by atoms with Gasteiger partial charge in [-0.25, -0.2) is 4.79 Å². The normalized spacial score (nSPS) is 27.2. The molecule has 0 aromatic heterocycles. The third-order valence-electron chi connectivity index (χ3n) is 4.96. The summed E-state index contributed by atoms with van der Waals surface area (Å²) in [4.78, 5) is 14.2. The van der Waals surface area contributed by atoms with Crippen LogP contribution in [0.1, 0.15) is 45.6 Å². The summed E-state index contributed by atoms with van der Waals surface area (Å²) in [6.07, 6.45) is 4.59. The maximum Gasteiger partial charge on any atom is 0.410 e. The lowest BCUT2D eigenvalue weighted by Crippen LogP contribution is -2.43. The van der Waals surface area contributed by atoms with Crippen LogP contribution in [0.5, 0.6) is 0 Å². The van der Waals surface area contributed by atoms with E-state index in [2.05, 4.69) is 30.3 Å². The molecule has 3 nitrogen and oxygen atoms in total. The van der Waals surface area contributed by atoms with Crippen LogP contribution in [-0.2, 0) is 11.2 Å². The second-order valence-corrected chi connectivity index (χ2v) is 7.80. The lowest BCUT2D eigenvalue weighted by molar-refractivity contribution is 0.0159. The summed E-state index contributed by atoms with van der Waals surface area (Å²) in [5, 5.41) is 0. The number of ether oxygens (including phenoxy) is 1. The van der Waals surface area contributed by atoms with Gasteiger partial charge in [0.1, 0.15) is 5.60 Å². The van der Waals surface area contributed by atoms with Crippen molar-refractivity contribution in [3.63, 3.8) is 0 Å². The quantitative estimate of drug-likeness (QED) is 0.834. The number of carbonyl (C=O) groups excluding carboxylic acids is 1. The Morgan fingerprint density at radius 2 is 1.95 bits per heavy atom. The predicted molar refractivity (Wildman–Crippen MR) is 87.7 cm³/mol. The molecule has 120 valence electrons. The van der Waals surface area contributed by atoms with Gasteiger partial charge in [-0.3, -0.25) is 0 Å². The van der Waals surface area contributed by atoms with Crippen LogP contribution in [0.4, 0.5) is 4.79 Å². The maximum absolute atomic E-state index is 12.2. The van der Waals surface area contributed by atoms with Crippen LogP contribution in [0.15, 0.2) is 30.3 Å². The molecule has 1 aromatic carbocycles. The van der Waals surface area contributed by atoms with Crippen molar-refractivity contribution < 1.29 is 9.53 Å². The first-order valence-corrected chi connectivity index (χ1v) is 8.46. The first-order valence-electron chi connectivity index (χ1n) is 8.46. The Balaban J connectivity index is 1.50. The summed E-state index contributed by atoms with van der Waals surface area (Å²) in [6.45, 7) is 6.69. The SMILES string of the molecule is CC(C)(C)OC(=O)N1C[C@H]2C[C@@H]1CC2CCc1ccccc1. The Morgan fingerprint density at radius 1 is 1.23 bits per heavy atom. The van der Waals surface area contributed by atoms with Crippen molar-refractivity contribution in [3.8, 4) is 0 Å². The van der Waals surface area contributed by atoms with Crippen LogP contribution in [0, 0.1) is 11.8 Å². The monoisotopic (exact) mass is 301 g/mol. The van der Waals surface area contributed by atoms with Gasteiger partial charge in [0.05, 0.1) is 0 Å². The van der Waals surface area contributed by atoms with Gasteiger partial charge < -0.3 is 9.64 Å². The minimum atomic E-state index is -0.397. The van der Waals surface area contributed by atoms with Gasteiger partial charge in [0.15, 0.2) is 0 Å². The Labute approximate surface area is 133 Å². The molecule has 0 spiro atoms. The van der Waals surface area contributed by atoms with E-state index in [9.17, 15) is 4.79 Å². The second-order valence-electron chi connectivity index (χ2n) is 7.80. The largest absolute Gasteiger partial charge is 0.444 e. The van der Waals surface area contributed by atoms with Gasteiger partial charge in [0.25, 0.3) is 0 Å². The highest BCUT2D eigenvalue weighted by molar-refractivity contribution is 5.69. The molecule has 2 fully saturated rings. The molecule has 22 heavy (non-hydrogen) atoms. The summed E-state index contributed by atoms with van der Waals surface area (Å²) >= 11 is 0. The van der Waals surface area contributed by atoms with Crippen molar-refractivity contribution in [1.29, 1.82) is 0 Å². The van der Waals surface area contributed by atoms with Crippen LogP contribution in [-0.4, -0.2) is 29.2 Å². The van der Waals surface area contributed by atoms with Gasteiger partial charge in [-0.05, 0) is 63.9 Å². The average molecular weight is 301 g/mol. The van der Waals surface area contributed by atoms with Gasteiger partial charge in [-0.1, -0.05) is 30.3 Å². The van der Waals surface area contributed by atoms with Gasteiger partial charge in [0.2, 0.25) is 0 Å². The number of hydrogen-bond acceptors (Lipinski definition) is 2. The summed E-state index contributed by atoms with van der Waals surface area (Å²) < 4.78 is 5.53. The highest BCUT2D eigenvalue weighted by atomic mass is 16.6. The number of likely N-dealkylation sites (tertiary alicyclic amines) is 1. The zero-order chi connectivity index (χ0) is 15.7. The first kappa shape index (κ1) is 15.4. The van der Waals surface area contributed by atoms with E-state index in [4.69, 9.17) is 4.74 Å². The van der Waals surface area contributed by atoms with Crippen molar-refractivity contribution in [2.45, 2.75) is 58.1 Å². The average Bonchev–Trinajstić information content (AvgIpc) is 3.04. The fourth-order valence-corrected chi connectivity index (χ4v) is 3.95. The fraction of sp³-hybridized carbons (Fsp3) is 0.632. The van der Waals surface area contributed by atoms with Crippen LogP contribution < -0.4 is 0 Å². The molecule has 3 rings (SSSR count). The number of fused-ring (bicyclic) bond motifs is 2. The van der Waals surface area contributed by atoms with Gasteiger partial charge in [0, 0.05) is 12.6 Å². The van der Waals surface area contributed by atoms with E-state index in [1.165, 1.54) is 18.4 Å². The molecule has 1 saturated heterocycles. The van der Waals surface area contributed by atoms with E-state index in [1.807, 2.05) is 25.7 Å². The molecule has 1 aliphatic carbocycles. The number of aryl methyl sites for hydroxylation is 1. The predicted octanol–water partition coefficient (Wildman–Crippen LogP) is 4.26. The molecule has 3 heteroatoms. The Bertz CT molecular complexity index is 520. The molecule has 1 unspecified atom stereocenters. The number of nitrogens with zero attached hydrogens (tertiary/aromatic N) is 1. The van der Waals surface area contributed by atoms with Crippen molar-refractivity contribution >= 4 is 6.09 Å². The lowest BCUT2D eigenvalue weighted by Gasteiger charge is -2.33. The summed E-state index contributed by atoms with van der Waals surface area (Å²) in [5.41, 5.74) is 1.03. The van der Waals surface area contributed by atoms with Crippen LogP contribution in [0.3, 0.4) is 0 Å². The van der Waals surface area contributed by atoms with E-state index in [0.29, 0.717) is 12.0 Å². The number of hydrogen-bond donors (Lipinski definition) is 0. The molecule has 1 saturated carbocycles. The number of carbonyl (C=O) groups is 1. The molecule has 1 amide bonds. The number of benzene rings is 1. The zero-order valence-corrected chi connectivity index (χ0v) is 13.9. The summed E-state index contributed by atoms with van der Waals surface area (Å²) in [7, 11) is 0.